The van der Waals surface area contributed by atoms with Crippen LogP contribution in [0.15, 0.2) is 36.4 Å². The van der Waals surface area contributed by atoms with Crippen molar-refractivity contribution >= 4 is 17.1 Å². The number of benzene rings is 2. The summed E-state index contributed by atoms with van der Waals surface area (Å²) in [7, 11) is 0. The van der Waals surface area contributed by atoms with Gasteiger partial charge in [0.05, 0.1) is 0 Å². The second kappa shape index (κ2) is 3.35. The number of fused-ring (bicyclic) bond motifs is 1. The van der Waals surface area contributed by atoms with E-state index in [2.05, 4.69) is 5.92 Å². The quantitative estimate of drug-likeness (QED) is 0.487. The van der Waals surface area contributed by atoms with Crippen molar-refractivity contribution in [3.63, 3.8) is 0 Å². The van der Waals surface area contributed by atoms with E-state index in [-0.39, 0.29) is 0 Å². The van der Waals surface area contributed by atoms with Crippen molar-refractivity contribution < 1.29 is 4.79 Å². The summed E-state index contributed by atoms with van der Waals surface area (Å²) in [6.45, 7) is 0. The van der Waals surface area contributed by atoms with E-state index in [1.807, 2.05) is 30.3 Å². The van der Waals surface area contributed by atoms with Gasteiger partial charge < -0.3 is 0 Å². The zero-order chi connectivity index (χ0) is 9.97. The summed E-state index contributed by atoms with van der Waals surface area (Å²) in [5.74, 6) is 2.56. The van der Waals surface area contributed by atoms with Crippen LogP contribution in [-0.2, 0) is 0 Å². The number of hydrogen-bond acceptors (Lipinski definition) is 1. The fourth-order valence-corrected chi connectivity index (χ4v) is 1.55. The lowest BCUT2D eigenvalue weighted by Crippen LogP contribution is -1.88. The summed E-state index contributed by atoms with van der Waals surface area (Å²) in [6, 6.07) is 11.4. The normalized spacial score (nSPS) is 9.64. The second-order valence-corrected chi connectivity index (χ2v) is 3.01. The third kappa shape index (κ3) is 1.18. The first kappa shape index (κ1) is 8.52. The smallest absolute Gasteiger partial charge is 0.151 e. The van der Waals surface area contributed by atoms with Gasteiger partial charge in [-0.15, -0.1) is 6.42 Å². The molecule has 1 nitrogen and oxygen atoms in total. The number of carbonyl (C=O) groups is 1. The number of aldehydes is 1. The molecule has 14 heavy (non-hydrogen) atoms. The Morgan fingerprint density at radius 1 is 1.14 bits per heavy atom. The lowest BCUT2D eigenvalue weighted by molar-refractivity contribution is 0.112. The molecule has 0 spiro atoms. The molecular formula is C13H8O. The van der Waals surface area contributed by atoms with Crippen molar-refractivity contribution in [3.8, 4) is 12.3 Å². The Labute approximate surface area is 82.4 Å². The van der Waals surface area contributed by atoms with Crippen molar-refractivity contribution in [2.24, 2.45) is 0 Å². The van der Waals surface area contributed by atoms with Gasteiger partial charge in [0.25, 0.3) is 0 Å². The van der Waals surface area contributed by atoms with Crippen LogP contribution in [0.25, 0.3) is 10.8 Å². The number of carbonyl (C=O) groups excluding carboxylic acids is 1. The lowest BCUT2D eigenvalue weighted by atomic mass is 10.0. The highest BCUT2D eigenvalue weighted by atomic mass is 16.1. The lowest BCUT2D eigenvalue weighted by Gasteiger charge is -2.02. The molecule has 0 radical (unpaired) electrons. The summed E-state index contributed by atoms with van der Waals surface area (Å²) in [5, 5.41) is 2.02. The zero-order valence-electron chi connectivity index (χ0n) is 7.53. The molecule has 0 heterocycles. The van der Waals surface area contributed by atoms with E-state index >= 15 is 0 Å². The van der Waals surface area contributed by atoms with Crippen LogP contribution in [0.1, 0.15) is 15.9 Å². The summed E-state index contributed by atoms with van der Waals surface area (Å²) in [5.41, 5.74) is 1.25. The number of terminal acetylenes is 1. The van der Waals surface area contributed by atoms with E-state index in [0.29, 0.717) is 11.1 Å². The Kier molecular flexibility index (Phi) is 2.04. The summed E-state index contributed by atoms with van der Waals surface area (Å²) >= 11 is 0. The first-order valence-electron chi connectivity index (χ1n) is 4.30. The molecule has 2 aromatic rings. The third-order valence-corrected chi connectivity index (χ3v) is 2.23. The van der Waals surface area contributed by atoms with E-state index in [9.17, 15) is 4.79 Å². The van der Waals surface area contributed by atoms with Gasteiger partial charge in [-0.25, -0.2) is 0 Å². The van der Waals surface area contributed by atoms with Gasteiger partial charge in [0.15, 0.2) is 6.29 Å². The molecule has 0 bridgehead atoms. The van der Waals surface area contributed by atoms with Gasteiger partial charge in [0.1, 0.15) is 0 Å². The van der Waals surface area contributed by atoms with E-state index < -0.39 is 0 Å². The molecular weight excluding hydrogens is 172 g/mol. The summed E-state index contributed by atoms with van der Waals surface area (Å²) in [4.78, 5) is 10.7. The highest BCUT2D eigenvalue weighted by Crippen LogP contribution is 2.20. The first-order valence-corrected chi connectivity index (χ1v) is 4.30. The van der Waals surface area contributed by atoms with Crippen LogP contribution >= 0.6 is 0 Å². The number of rotatable bonds is 1. The van der Waals surface area contributed by atoms with Crippen molar-refractivity contribution in [3.05, 3.63) is 47.5 Å². The van der Waals surface area contributed by atoms with E-state index in [0.717, 1.165) is 17.1 Å². The molecule has 0 unspecified atom stereocenters. The SMILES string of the molecule is C#Cc1c(C=O)ccc2ccccc12. The standard InChI is InChI=1S/C13H8O/c1-2-12-11(9-14)8-7-10-5-3-4-6-13(10)12/h1,3-9H. The minimum atomic E-state index is 0.575. The Balaban J connectivity index is 2.92. The largest absolute Gasteiger partial charge is 0.298 e. The van der Waals surface area contributed by atoms with Crippen LogP contribution in [0.4, 0.5) is 0 Å². The summed E-state index contributed by atoms with van der Waals surface area (Å²) < 4.78 is 0. The van der Waals surface area contributed by atoms with Crippen LogP contribution in [0, 0.1) is 12.3 Å². The minimum Gasteiger partial charge on any atom is -0.298 e. The van der Waals surface area contributed by atoms with Gasteiger partial charge in [-0.1, -0.05) is 36.3 Å². The molecule has 1 heteroatoms. The second-order valence-electron chi connectivity index (χ2n) is 3.01. The molecule has 0 saturated carbocycles. The van der Waals surface area contributed by atoms with Crippen molar-refractivity contribution in [2.75, 3.05) is 0 Å². The average molecular weight is 180 g/mol. The molecule has 2 rings (SSSR count). The predicted molar refractivity (Wildman–Crippen MR) is 57.3 cm³/mol. The molecule has 0 fully saturated rings. The Morgan fingerprint density at radius 3 is 2.64 bits per heavy atom. The first-order chi connectivity index (χ1) is 6.86. The van der Waals surface area contributed by atoms with Crippen molar-refractivity contribution in [1.82, 2.24) is 0 Å². The monoisotopic (exact) mass is 180 g/mol. The maximum Gasteiger partial charge on any atom is 0.151 e. The topological polar surface area (TPSA) is 17.1 Å². The Morgan fingerprint density at radius 2 is 1.93 bits per heavy atom. The van der Waals surface area contributed by atoms with Crippen LogP contribution in [0.5, 0.6) is 0 Å². The summed E-state index contributed by atoms with van der Waals surface area (Å²) in [6.07, 6.45) is 6.18. The number of hydrogen-bond donors (Lipinski definition) is 0. The molecule has 66 valence electrons. The molecule has 0 amide bonds. The van der Waals surface area contributed by atoms with Crippen LogP contribution in [-0.4, -0.2) is 6.29 Å². The van der Waals surface area contributed by atoms with Crippen molar-refractivity contribution in [2.45, 2.75) is 0 Å². The highest BCUT2D eigenvalue weighted by molar-refractivity contribution is 5.95. The average Bonchev–Trinajstić information content (AvgIpc) is 2.27. The van der Waals surface area contributed by atoms with Crippen molar-refractivity contribution in [1.29, 1.82) is 0 Å². The maximum absolute atomic E-state index is 10.7. The molecule has 2 aromatic carbocycles. The van der Waals surface area contributed by atoms with Gasteiger partial charge in [0, 0.05) is 11.1 Å². The van der Waals surface area contributed by atoms with Gasteiger partial charge in [-0.3, -0.25) is 4.79 Å². The highest BCUT2D eigenvalue weighted by Gasteiger charge is 2.03. The van der Waals surface area contributed by atoms with Gasteiger partial charge in [0.2, 0.25) is 0 Å². The van der Waals surface area contributed by atoms with Gasteiger partial charge >= 0.3 is 0 Å². The molecule has 0 saturated heterocycles. The molecule has 0 aliphatic rings. The van der Waals surface area contributed by atoms with E-state index in [1.165, 1.54) is 0 Å². The fraction of sp³-hybridized carbons (Fsp3) is 0. The van der Waals surface area contributed by atoms with E-state index in [4.69, 9.17) is 6.42 Å². The molecule has 0 aliphatic carbocycles. The van der Waals surface area contributed by atoms with E-state index in [1.54, 1.807) is 6.07 Å². The van der Waals surface area contributed by atoms with Crippen LogP contribution in [0.2, 0.25) is 0 Å². The van der Waals surface area contributed by atoms with Gasteiger partial charge in [-0.2, -0.15) is 0 Å². The molecule has 0 atom stereocenters. The zero-order valence-corrected chi connectivity index (χ0v) is 7.53. The molecule has 0 N–H and O–H groups in total. The molecule has 0 aromatic heterocycles. The Bertz CT molecular complexity index is 532. The third-order valence-electron chi connectivity index (χ3n) is 2.23. The fourth-order valence-electron chi connectivity index (χ4n) is 1.55. The van der Waals surface area contributed by atoms with Crippen LogP contribution < -0.4 is 0 Å². The van der Waals surface area contributed by atoms with Crippen LogP contribution in [0.3, 0.4) is 0 Å². The Hall–Kier alpha value is -2.07. The molecule has 0 aliphatic heterocycles. The van der Waals surface area contributed by atoms with Gasteiger partial charge in [-0.05, 0) is 16.8 Å². The minimum absolute atomic E-state index is 0.575. The maximum atomic E-state index is 10.7. The predicted octanol–water partition coefficient (Wildman–Crippen LogP) is 2.63.